The predicted octanol–water partition coefficient (Wildman–Crippen LogP) is 4.55. The lowest BCUT2D eigenvalue weighted by atomic mass is 9.98. The van der Waals surface area contributed by atoms with Crippen molar-refractivity contribution in [2.24, 2.45) is 0 Å². The van der Waals surface area contributed by atoms with Crippen LogP contribution in [0.5, 0.6) is 0 Å². The lowest BCUT2D eigenvalue weighted by Crippen LogP contribution is -2.46. The van der Waals surface area contributed by atoms with Crippen LogP contribution < -0.4 is 10.2 Å². The number of hydrogen-bond acceptors (Lipinski definition) is 3. The van der Waals surface area contributed by atoms with Crippen LogP contribution in [0.1, 0.15) is 36.3 Å². The number of nitriles is 1. The Balaban J connectivity index is 1.61. The number of nitrogens with one attached hydrogen (secondary N) is 2. The van der Waals surface area contributed by atoms with Crippen LogP contribution in [0.3, 0.4) is 0 Å². The number of carbonyl (C=O) groups excluding carboxylic acids is 1. The third kappa shape index (κ3) is 2.71. The molecule has 2 aromatic heterocycles. The Morgan fingerprint density at radius 3 is 2.89 bits per heavy atom. The molecule has 1 aliphatic carbocycles. The summed E-state index contributed by atoms with van der Waals surface area (Å²) in [6.45, 7) is 1.32. The molecule has 2 N–H and O–H groups in total. The van der Waals surface area contributed by atoms with Crippen molar-refractivity contribution in [2.75, 3.05) is 18.0 Å². The maximum atomic E-state index is 12.1. The van der Waals surface area contributed by atoms with Crippen molar-refractivity contribution < 1.29 is 4.79 Å². The van der Waals surface area contributed by atoms with E-state index in [4.69, 9.17) is 11.6 Å². The van der Waals surface area contributed by atoms with E-state index < -0.39 is 0 Å². The van der Waals surface area contributed by atoms with E-state index in [1.807, 2.05) is 18.3 Å². The Bertz CT molecular complexity index is 1140. The van der Waals surface area contributed by atoms with Crippen molar-refractivity contribution >= 4 is 34.4 Å². The van der Waals surface area contributed by atoms with Gasteiger partial charge in [-0.2, -0.15) is 5.26 Å². The second-order valence-corrected chi connectivity index (χ2v) is 7.68. The number of aromatic amines is 1. The summed E-state index contributed by atoms with van der Waals surface area (Å²) in [6, 6.07) is 7.59. The van der Waals surface area contributed by atoms with Crippen molar-refractivity contribution in [3.05, 3.63) is 46.7 Å². The summed E-state index contributed by atoms with van der Waals surface area (Å²) in [6.07, 6.45) is 6.92. The van der Waals surface area contributed by atoms with Crippen molar-refractivity contribution in [3.63, 3.8) is 0 Å². The molecule has 0 unspecified atom stereocenters. The number of amides is 2. The van der Waals surface area contributed by atoms with Gasteiger partial charge < -0.3 is 10.3 Å². The fourth-order valence-corrected chi connectivity index (χ4v) is 4.24. The van der Waals surface area contributed by atoms with Gasteiger partial charge in [0.05, 0.1) is 16.7 Å². The second kappa shape index (κ2) is 6.54. The van der Waals surface area contributed by atoms with E-state index in [2.05, 4.69) is 21.4 Å². The number of rotatable bonds is 3. The molecule has 3 aromatic rings. The van der Waals surface area contributed by atoms with Gasteiger partial charge in [0, 0.05) is 47.7 Å². The zero-order chi connectivity index (χ0) is 19.3. The van der Waals surface area contributed by atoms with Crippen molar-refractivity contribution in [1.29, 1.82) is 5.26 Å². The van der Waals surface area contributed by atoms with E-state index >= 15 is 0 Å². The summed E-state index contributed by atoms with van der Waals surface area (Å²) in [7, 11) is 0. The number of pyridine rings is 1. The molecule has 6 nitrogen and oxygen atoms in total. The van der Waals surface area contributed by atoms with Gasteiger partial charge in [0.1, 0.15) is 5.65 Å². The first-order chi connectivity index (χ1) is 13.7. The van der Waals surface area contributed by atoms with Gasteiger partial charge in [-0.05, 0) is 42.9 Å². The topological polar surface area (TPSA) is 84.8 Å². The zero-order valence-electron chi connectivity index (χ0n) is 15.1. The molecule has 0 radical (unpaired) electrons. The molecule has 1 aliphatic heterocycles. The first-order valence-electron chi connectivity index (χ1n) is 9.42. The van der Waals surface area contributed by atoms with Gasteiger partial charge in [-0.1, -0.05) is 17.7 Å². The molecule has 1 saturated heterocycles. The van der Waals surface area contributed by atoms with Gasteiger partial charge in [-0.3, -0.25) is 4.90 Å². The average Bonchev–Trinajstić information content (AvgIpc) is 3.47. The first-order valence-corrected chi connectivity index (χ1v) is 9.80. The molecule has 5 rings (SSSR count). The molecule has 140 valence electrons. The summed E-state index contributed by atoms with van der Waals surface area (Å²) < 4.78 is 0. The number of fused-ring (bicyclic) bond motifs is 1. The van der Waals surface area contributed by atoms with Gasteiger partial charge in [0.15, 0.2) is 0 Å². The Morgan fingerprint density at radius 1 is 1.29 bits per heavy atom. The maximum Gasteiger partial charge on any atom is 0.321 e. The molecule has 0 atom stereocenters. The SMILES string of the molecule is N#Cc1cc(N2CCCNC2=O)ccc1-c1cnc2[nH]cc(C3CC3)c2c1Cl. The number of nitrogens with zero attached hydrogens (tertiary/aromatic N) is 3. The Hall–Kier alpha value is -3.04. The highest BCUT2D eigenvalue weighted by molar-refractivity contribution is 6.38. The quantitative estimate of drug-likeness (QED) is 0.686. The smallest absolute Gasteiger partial charge is 0.321 e. The highest BCUT2D eigenvalue weighted by Crippen LogP contribution is 2.46. The molecule has 3 heterocycles. The number of H-pyrrole nitrogens is 1. The van der Waals surface area contributed by atoms with Gasteiger partial charge >= 0.3 is 6.03 Å². The van der Waals surface area contributed by atoms with Crippen LogP contribution in [0.2, 0.25) is 5.02 Å². The minimum Gasteiger partial charge on any atom is -0.346 e. The van der Waals surface area contributed by atoms with Crippen LogP contribution in [-0.4, -0.2) is 29.1 Å². The minimum atomic E-state index is -0.134. The van der Waals surface area contributed by atoms with E-state index in [-0.39, 0.29) is 6.03 Å². The van der Waals surface area contributed by atoms with E-state index in [0.29, 0.717) is 35.3 Å². The second-order valence-electron chi connectivity index (χ2n) is 7.31. The highest BCUT2D eigenvalue weighted by Gasteiger charge is 2.28. The van der Waals surface area contributed by atoms with Crippen LogP contribution >= 0.6 is 11.6 Å². The minimum absolute atomic E-state index is 0.134. The summed E-state index contributed by atoms with van der Waals surface area (Å²) in [5.74, 6) is 0.540. The number of anilines is 1. The van der Waals surface area contributed by atoms with Crippen LogP contribution in [0.15, 0.2) is 30.6 Å². The van der Waals surface area contributed by atoms with Crippen molar-refractivity contribution in [3.8, 4) is 17.2 Å². The fraction of sp³-hybridized carbons (Fsp3) is 0.286. The van der Waals surface area contributed by atoms with Crippen LogP contribution in [0.25, 0.3) is 22.2 Å². The summed E-state index contributed by atoms with van der Waals surface area (Å²) in [5, 5.41) is 14.1. The third-order valence-electron chi connectivity index (χ3n) is 5.49. The fourth-order valence-electron chi connectivity index (χ4n) is 3.89. The predicted molar refractivity (Wildman–Crippen MR) is 109 cm³/mol. The molecule has 7 heteroatoms. The normalized spacial score (nSPS) is 16.9. The summed E-state index contributed by atoms with van der Waals surface area (Å²) in [5.41, 5.74) is 4.63. The molecule has 2 aliphatic rings. The Kier molecular flexibility index (Phi) is 3.99. The molecular weight excluding hydrogens is 374 g/mol. The van der Waals surface area contributed by atoms with Gasteiger partial charge in [-0.15, -0.1) is 0 Å². The zero-order valence-corrected chi connectivity index (χ0v) is 15.9. The van der Waals surface area contributed by atoms with Crippen molar-refractivity contribution in [1.82, 2.24) is 15.3 Å². The van der Waals surface area contributed by atoms with E-state index in [9.17, 15) is 10.1 Å². The number of carbonyl (C=O) groups is 1. The van der Waals surface area contributed by atoms with E-state index in [0.717, 1.165) is 28.6 Å². The summed E-state index contributed by atoms with van der Waals surface area (Å²) in [4.78, 5) is 21.5. The molecule has 1 saturated carbocycles. The molecule has 0 bridgehead atoms. The molecular formula is C21H18ClN5O. The standard InChI is InChI=1S/C21H18ClN5O/c22-19-17(11-26-20-18(19)16(10-25-20)12-2-3-12)15-5-4-14(8-13(15)9-23)27-7-1-6-24-21(27)28/h4-5,8,10-12H,1-3,6-7H2,(H,24,28)(H,25,26). The molecule has 0 spiro atoms. The molecule has 1 aromatic carbocycles. The molecule has 2 fully saturated rings. The highest BCUT2D eigenvalue weighted by atomic mass is 35.5. The van der Waals surface area contributed by atoms with Crippen LogP contribution in [0, 0.1) is 11.3 Å². The third-order valence-corrected chi connectivity index (χ3v) is 5.88. The van der Waals surface area contributed by atoms with Gasteiger partial charge in [-0.25, -0.2) is 9.78 Å². The average molecular weight is 392 g/mol. The first kappa shape index (κ1) is 17.1. The number of benzene rings is 1. The summed E-state index contributed by atoms with van der Waals surface area (Å²) >= 11 is 6.79. The lowest BCUT2D eigenvalue weighted by molar-refractivity contribution is 0.243. The monoisotopic (exact) mass is 391 g/mol. The molecule has 2 amide bonds. The van der Waals surface area contributed by atoms with E-state index in [1.165, 1.54) is 18.4 Å². The van der Waals surface area contributed by atoms with Crippen LogP contribution in [0.4, 0.5) is 10.5 Å². The Morgan fingerprint density at radius 2 is 2.14 bits per heavy atom. The van der Waals surface area contributed by atoms with Crippen molar-refractivity contribution in [2.45, 2.75) is 25.2 Å². The molecule has 28 heavy (non-hydrogen) atoms. The lowest BCUT2D eigenvalue weighted by Gasteiger charge is -2.27. The Labute approximate surface area is 167 Å². The number of halogens is 1. The van der Waals surface area contributed by atoms with E-state index in [1.54, 1.807) is 17.2 Å². The van der Waals surface area contributed by atoms with Crippen LogP contribution in [-0.2, 0) is 0 Å². The number of urea groups is 1. The largest absolute Gasteiger partial charge is 0.346 e. The number of aromatic nitrogens is 2. The number of hydrogen-bond donors (Lipinski definition) is 2. The van der Waals surface area contributed by atoms with Gasteiger partial charge in [0.25, 0.3) is 0 Å². The van der Waals surface area contributed by atoms with Gasteiger partial charge in [0.2, 0.25) is 0 Å². The maximum absolute atomic E-state index is 12.1.